The maximum Gasteiger partial charge on any atom is 0.0568 e. The zero-order valence-corrected chi connectivity index (χ0v) is 11.8. The normalized spacial score (nSPS) is 12.6. The van der Waals surface area contributed by atoms with Crippen molar-refractivity contribution in [3.63, 3.8) is 0 Å². The van der Waals surface area contributed by atoms with Gasteiger partial charge >= 0.3 is 0 Å². The first-order valence-electron chi connectivity index (χ1n) is 6.97. The van der Waals surface area contributed by atoms with Crippen LogP contribution in [0.4, 0.5) is 0 Å². The van der Waals surface area contributed by atoms with Gasteiger partial charge in [-0.3, -0.25) is 4.68 Å². The van der Waals surface area contributed by atoms with Gasteiger partial charge in [-0.15, -0.1) is 0 Å². The summed E-state index contributed by atoms with van der Waals surface area (Å²) in [6.07, 6.45) is 7.41. The van der Waals surface area contributed by atoms with Crippen molar-refractivity contribution in [3.8, 4) is 11.1 Å². The van der Waals surface area contributed by atoms with Crippen molar-refractivity contribution >= 4 is 0 Å². The number of hydrogen-bond donors (Lipinski definition) is 1. The van der Waals surface area contributed by atoms with E-state index in [1.54, 1.807) is 0 Å². The molecule has 3 nitrogen and oxygen atoms in total. The largest absolute Gasteiger partial charge is 0.330 e. The van der Waals surface area contributed by atoms with E-state index in [0.29, 0.717) is 5.92 Å². The Morgan fingerprint density at radius 2 is 1.89 bits per heavy atom. The molecular formula is C16H23N3. The molecule has 0 bridgehead atoms. The summed E-state index contributed by atoms with van der Waals surface area (Å²) in [6.45, 7) is 3.07. The Labute approximate surface area is 115 Å². The quantitative estimate of drug-likeness (QED) is 0.864. The van der Waals surface area contributed by atoms with Gasteiger partial charge in [-0.2, -0.15) is 5.10 Å². The standard InChI is InChI=1S/C16H23N3/c1-13(9-10-17)3-4-14-5-7-15(8-6-14)16-11-18-19(2)12-16/h5-8,11-13H,3-4,9-10,17H2,1-2H3. The predicted molar refractivity (Wildman–Crippen MR) is 79.8 cm³/mol. The molecule has 0 radical (unpaired) electrons. The topological polar surface area (TPSA) is 43.8 Å². The number of aromatic nitrogens is 2. The Bertz CT molecular complexity index is 499. The Kier molecular flexibility index (Phi) is 4.74. The molecule has 0 aliphatic carbocycles. The van der Waals surface area contributed by atoms with Crippen molar-refractivity contribution in [3.05, 3.63) is 42.2 Å². The molecule has 0 spiro atoms. The number of nitrogens with zero attached hydrogens (tertiary/aromatic N) is 2. The third-order valence-corrected chi connectivity index (χ3v) is 3.58. The molecule has 19 heavy (non-hydrogen) atoms. The second kappa shape index (κ2) is 6.53. The van der Waals surface area contributed by atoms with Crippen LogP contribution in [0.1, 0.15) is 25.3 Å². The molecule has 0 fully saturated rings. The minimum Gasteiger partial charge on any atom is -0.330 e. The SMILES string of the molecule is CC(CCN)CCc1ccc(-c2cnn(C)c2)cc1. The summed E-state index contributed by atoms with van der Waals surface area (Å²) in [7, 11) is 1.94. The molecule has 1 heterocycles. The highest BCUT2D eigenvalue weighted by molar-refractivity contribution is 5.61. The third-order valence-electron chi connectivity index (χ3n) is 3.58. The van der Waals surface area contributed by atoms with Crippen LogP contribution >= 0.6 is 0 Å². The minimum atomic E-state index is 0.711. The highest BCUT2D eigenvalue weighted by atomic mass is 15.2. The van der Waals surface area contributed by atoms with E-state index in [1.165, 1.54) is 23.1 Å². The molecule has 102 valence electrons. The van der Waals surface area contributed by atoms with Crippen molar-refractivity contribution in [1.82, 2.24) is 9.78 Å². The number of nitrogens with two attached hydrogens (primary N) is 1. The first-order chi connectivity index (χ1) is 9.19. The van der Waals surface area contributed by atoms with Gasteiger partial charge in [0, 0.05) is 18.8 Å². The zero-order chi connectivity index (χ0) is 13.7. The van der Waals surface area contributed by atoms with E-state index in [1.807, 2.05) is 24.1 Å². The number of rotatable bonds is 6. The van der Waals surface area contributed by atoms with E-state index in [4.69, 9.17) is 5.73 Å². The van der Waals surface area contributed by atoms with Crippen LogP contribution in [0.2, 0.25) is 0 Å². The summed E-state index contributed by atoms with van der Waals surface area (Å²) in [6, 6.07) is 8.80. The smallest absolute Gasteiger partial charge is 0.0568 e. The zero-order valence-electron chi connectivity index (χ0n) is 11.8. The summed E-state index contributed by atoms with van der Waals surface area (Å²) in [5.74, 6) is 0.711. The molecule has 2 rings (SSSR count). The lowest BCUT2D eigenvalue weighted by molar-refractivity contribution is 0.500. The van der Waals surface area contributed by atoms with Gasteiger partial charge in [0.25, 0.3) is 0 Å². The fraction of sp³-hybridized carbons (Fsp3) is 0.438. The maximum absolute atomic E-state index is 5.58. The van der Waals surface area contributed by atoms with Crippen LogP contribution in [-0.2, 0) is 13.5 Å². The molecule has 0 saturated carbocycles. The summed E-state index contributed by atoms with van der Waals surface area (Å²) in [5.41, 5.74) is 9.38. The van der Waals surface area contributed by atoms with Crippen LogP contribution in [0.3, 0.4) is 0 Å². The first kappa shape index (κ1) is 13.8. The number of benzene rings is 1. The van der Waals surface area contributed by atoms with Crippen molar-refractivity contribution < 1.29 is 0 Å². The van der Waals surface area contributed by atoms with Gasteiger partial charge < -0.3 is 5.73 Å². The van der Waals surface area contributed by atoms with Gasteiger partial charge in [-0.05, 0) is 42.9 Å². The van der Waals surface area contributed by atoms with Gasteiger partial charge in [-0.25, -0.2) is 0 Å². The lowest BCUT2D eigenvalue weighted by Gasteiger charge is -2.09. The van der Waals surface area contributed by atoms with Gasteiger partial charge in [0.05, 0.1) is 6.20 Å². The van der Waals surface area contributed by atoms with Crippen molar-refractivity contribution in [2.24, 2.45) is 18.7 Å². The highest BCUT2D eigenvalue weighted by Gasteiger charge is 2.03. The molecular weight excluding hydrogens is 234 g/mol. The average Bonchev–Trinajstić information content (AvgIpc) is 2.84. The van der Waals surface area contributed by atoms with Crippen LogP contribution in [0.5, 0.6) is 0 Å². The summed E-state index contributed by atoms with van der Waals surface area (Å²) in [5, 5.41) is 4.20. The first-order valence-corrected chi connectivity index (χ1v) is 6.97. The molecule has 1 aromatic heterocycles. The fourth-order valence-electron chi connectivity index (χ4n) is 2.28. The second-order valence-electron chi connectivity index (χ2n) is 5.32. The Morgan fingerprint density at radius 3 is 2.47 bits per heavy atom. The lowest BCUT2D eigenvalue weighted by atomic mass is 9.97. The molecule has 1 unspecified atom stereocenters. The third kappa shape index (κ3) is 3.93. The highest BCUT2D eigenvalue weighted by Crippen LogP contribution is 2.20. The molecule has 3 heteroatoms. The van der Waals surface area contributed by atoms with Crippen LogP contribution < -0.4 is 5.73 Å². The van der Waals surface area contributed by atoms with E-state index in [2.05, 4.69) is 36.3 Å². The number of aryl methyl sites for hydroxylation is 2. The van der Waals surface area contributed by atoms with Crippen LogP contribution in [0.25, 0.3) is 11.1 Å². The summed E-state index contributed by atoms with van der Waals surface area (Å²) in [4.78, 5) is 0. The second-order valence-corrected chi connectivity index (χ2v) is 5.32. The maximum atomic E-state index is 5.58. The Balaban J connectivity index is 1.95. The van der Waals surface area contributed by atoms with Crippen LogP contribution in [-0.4, -0.2) is 16.3 Å². The molecule has 2 N–H and O–H groups in total. The fourth-order valence-corrected chi connectivity index (χ4v) is 2.28. The van der Waals surface area contributed by atoms with E-state index in [0.717, 1.165) is 19.4 Å². The molecule has 0 saturated heterocycles. The van der Waals surface area contributed by atoms with Crippen molar-refractivity contribution in [2.75, 3.05) is 6.54 Å². The molecule has 2 aromatic rings. The summed E-state index contributed by atoms with van der Waals surface area (Å²) < 4.78 is 1.83. The van der Waals surface area contributed by atoms with Gasteiger partial charge in [0.1, 0.15) is 0 Å². The lowest BCUT2D eigenvalue weighted by Crippen LogP contribution is -2.06. The molecule has 0 amide bonds. The van der Waals surface area contributed by atoms with Crippen LogP contribution in [0, 0.1) is 5.92 Å². The van der Waals surface area contributed by atoms with Crippen molar-refractivity contribution in [1.29, 1.82) is 0 Å². The predicted octanol–water partition coefficient (Wildman–Crippen LogP) is 3.00. The minimum absolute atomic E-state index is 0.711. The van der Waals surface area contributed by atoms with E-state index in [9.17, 15) is 0 Å². The molecule has 0 aliphatic heterocycles. The molecule has 1 aromatic carbocycles. The van der Waals surface area contributed by atoms with E-state index in [-0.39, 0.29) is 0 Å². The van der Waals surface area contributed by atoms with Gasteiger partial charge in [0.2, 0.25) is 0 Å². The number of hydrogen-bond acceptors (Lipinski definition) is 2. The van der Waals surface area contributed by atoms with Crippen molar-refractivity contribution in [2.45, 2.75) is 26.2 Å². The van der Waals surface area contributed by atoms with Gasteiger partial charge in [-0.1, -0.05) is 31.2 Å². The Hall–Kier alpha value is -1.61. The van der Waals surface area contributed by atoms with E-state index >= 15 is 0 Å². The monoisotopic (exact) mass is 257 g/mol. The average molecular weight is 257 g/mol. The molecule has 1 atom stereocenters. The van der Waals surface area contributed by atoms with E-state index < -0.39 is 0 Å². The Morgan fingerprint density at radius 1 is 1.16 bits per heavy atom. The summed E-state index contributed by atoms with van der Waals surface area (Å²) >= 11 is 0. The van der Waals surface area contributed by atoms with Crippen LogP contribution in [0.15, 0.2) is 36.7 Å². The van der Waals surface area contributed by atoms with Gasteiger partial charge in [0.15, 0.2) is 0 Å². The molecule has 0 aliphatic rings.